The first kappa shape index (κ1) is 7.98. The van der Waals surface area contributed by atoms with Crippen LogP contribution in [-0.2, 0) is 4.74 Å². The number of hydrogen-bond donors (Lipinski definition) is 2. The number of aliphatic hydroxyl groups excluding tert-OH is 1. The van der Waals surface area contributed by atoms with Gasteiger partial charge in [0.05, 0.1) is 12.7 Å². The largest absolute Gasteiger partial charge is 0.376 e. The van der Waals surface area contributed by atoms with Crippen LogP contribution >= 0.6 is 0 Å². The van der Waals surface area contributed by atoms with Crippen molar-refractivity contribution < 1.29 is 9.84 Å². The van der Waals surface area contributed by atoms with E-state index in [9.17, 15) is 0 Å². The van der Waals surface area contributed by atoms with Crippen molar-refractivity contribution in [1.82, 2.24) is 5.32 Å². The van der Waals surface area contributed by atoms with E-state index in [4.69, 9.17) is 9.84 Å². The van der Waals surface area contributed by atoms with E-state index in [1.165, 1.54) is 0 Å². The minimum absolute atomic E-state index is 0.267. The van der Waals surface area contributed by atoms with Crippen molar-refractivity contribution in [3.63, 3.8) is 0 Å². The molecule has 60 valence electrons. The molecular formula is C7H15NO2. The maximum Gasteiger partial charge on any atom is 0.128 e. The fraction of sp³-hybridized carbons (Fsp3) is 1.00. The summed E-state index contributed by atoms with van der Waals surface area (Å²) in [7, 11) is 0. The van der Waals surface area contributed by atoms with E-state index in [0.717, 1.165) is 6.42 Å². The zero-order valence-corrected chi connectivity index (χ0v) is 6.50. The maximum absolute atomic E-state index is 9.06. The summed E-state index contributed by atoms with van der Waals surface area (Å²) < 4.78 is 5.34. The van der Waals surface area contributed by atoms with Gasteiger partial charge >= 0.3 is 0 Å². The van der Waals surface area contributed by atoms with Crippen LogP contribution in [0, 0.1) is 0 Å². The molecule has 2 N–H and O–H groups in total. The lowest BCUT2D eigenvalue weighted by atomic mass is 10.1. The average molecular weight is 145 g/mol. The molecule has 1 aliphatic heterocycles. The van der Waals surface area contributed by atoms with E-state index >= 15 is 0 Å². The average Bonchev–Trinajstić information content (AvgIpc) is 1.88. The van der Waals surface area contributed by atoms with Gasteiger partial charge in [0.15, 0.2) is 0 Å². The SMILES string of the molecule is CCC1OC[C@@H](O)NC1C. The molecule has 0 amide bonds. The lowest BCUT2D eigenvalue weighted by molar-refractivity contribution is -0.0844. The second-order valence-corrected chi connectivity index (χ2v) is 2.75. The Hall–Kier alpha value is -0.120. The molecule has 3 nitrogen and oxygen atoms in total. The molecule has 1 fully saturated rings. The predicted octanol–water partition coefficient (Wildman–Crippen LogP) is 0.0917. The molecule has 0 aromatic heterocycles. The molecular weight excluding hydrogens is 130 g/mol. The van der Waals surface area contributed by atoms with Crippen molar-refractivity contribution in [2.75, 3.05) is 6.61 Å². The van der Waals surface area contributed by atoms with Gasteiger partial charge in [0.25, 0.3) is 0 Å². The van der Waals surface area contributed by atoms with Gasteiger partial charge in [-0.1, -0.05) is 6.92 Å². The Morgan fingerprint density at radius 3 is 2.90 bits per heavy atom. The topological polar surface area (TPSA) is 41.5 Å². The van der Waals surface area contributed by atoms with Gasteiger partial charge in [-0.3, -0.25) is 5.32 Å². The van der Waals surface area contributed by atoms with Crippen molar-refractivity contribution in [3.05, 3.63) is 0 Å². The van der Waals surface area contributed by atoms with Crippen molar-refractivity contribution in [2.24, 2.45) is 0 Å². The summed E-state index contributed by atoms with van der Waals surface area (Å²) in [6.45, 7) is 4.53. The first-order chi connectivity index (χ1) is 4.74. The highest BCUT2D eigenvalue weighted by molar-refractivity contribution is 4.77. The summed E-state index contributed by atoms with van der Waals surface area (Å²) in [4.78, 5) is 0. The van der Waals surface area contributed by atoms with Crippen molar-refractivity contribution in [3.8, 4) is 0 Å². The number of rotatable bonds is 1. The minimum atomic E-state index is -0.474. The van der Waals surface area contributed by atoms with Gasteiger partial charge in [-0.2, -0.15) is 0 Å². The Labute approximate surface area is 61.4 Å². The summed E-state index contributed by atoms with van der Waals surface area (Å²) in [5.41, 5.74) is 0. The molecule has 0 spiro atoms. The maximum atomic E-state index is 9.06. The zero-order chi connectivity index (χ0) is 7.56. The van der Waals surface area contributed by atoms with E-state index < -0.39 is 6.23 Å². The molecule has 0 aromatic carbocycles. The zero-order valence-electron chi connectivity index (χ0n) is 6.50. The first-order valence-electron chi connectivity index (χ1n) is 3.79. The van der Waals surface area contributed by atoms with E-state index in [1.54, 1.807) is 0 Å². The van der Waals surface area contributed by atoms with Crippen molar-refractivity contribution >= 4 is 0 Å². The first-order valence-corrected chi connectivity index (χ1v) is 3.79. The molecule has 1 saturated heterocycles. The molecule has 0 aliphatic carbocycles. The smallest absolute Gasteiger partial charge is 0.128 e. The van der Waals surface area contributed by atoms with E-state index in [-0.39, 0.29) is 12.1 Å². The summed E-state index contributed by atoms with van der Waals surface area (Å²) in [5, 5.41) is 12.1. The molecule has 1 heterocycles. The molecule has 2 unspecified atom stereocenters. The fourth-order valence-corrected chi connectivity index (χ4v) is 1.29. The van der Waals surface area contributed by atoms with Crippen LogP contribution in [0.1, 0.15) is 20.3 Å². The van der Waals surface area contributed by atoms with Crippen molar-refractivity contribution in [2.45, 2.75) is 38.6 Å². The third kappa shape index (κ3) is 1.68. The van der Waals surface area contributed by atoms with Gasteiger partial charge in [0, 0.05) is 6.04 Å². The molecule has 1 aliphatic rings. The van der Waals surface area contributed by atoms with Crippen LogP contribution in [0.2, 0.25) is 0 Å². The second-order valence-electron chi connectivity index (χ2n) is 2.75. The Morgan fingerprint density at radius 2 is 2.40 bits per heavy atom. The normalized spacial score (nSPS) is 41.7. The van der Waals surface area contributed by atoms with Gasteiger partial charge < -0.3 is 9.84 Å². The quantitative estimate of drug-likeness (QED) is 0.549. The van der Waals surface area contributed by atoms with Crippen LogP contribution in [0.25, 0.3) is 0 Å². The third-order valence-corrected chi connectivity index (χ3v) is 1.88. The highest BCUT2D eigenvalue weighted by atomic mass is 16.5. The standard InChI is InChI=1S/C7H15NO2/c1-3-6-5(2)8-7(9)4-10-6/h5-9H,3-4H2,1-2H3/t5?,6?,7-/m1/s1. The molecule has 0 radical (unpaired) electrons. The number of hydrogen-bond acceptors (Lipinski definition) is 3. The lowest BCUT2D eigenvalue weighted by Crippen LogP contribution is -2.52. The summed E-state index contributed by atoms with van der Waals surface area (Å²) in [6.07, 6.45) is 0.794. The van der Waals surface area contributed by atoms with Crippen molar-refractivity contribution in [1.29, 1.82) is 0 Å². The predicted molar refractivity (Wildman–Crippen MR) is 38.6 cm³/mol. The Bertz CT molecular complexity index is 108. The Kier molecular flexibility index (Phi) is 2.65. The monoisotopic (exact) mass is 145 g/mol. The van der Waals surface area contributed by atoms with E-state index in [2.05, 4.69) is 12.2 Å². The van der Waals surface area contributed by atoms with Crippen LogP contribution in [0.15, 0.2) is 0 Å². The fourth-order valence-electron chi connectivity index (χ4n) is 1.29. The van der Waals surface area contributed by atoms with Gasteiger partial charge in [0.1, 0.15) is 6.23 Å². The van der Waals surface area contributed by atoms with Gasteiger partial charge in [-0.15, -0.1) is 0 Å². The van der Waals surface area contributed by atoms with Crippen LogP contribution < -0.4 is 5.32 Å². The lowest BCUT2D eigenvalue weighted by Gasteiger charge is -2.32. The second kappa shape index (κ2) is 3.32. The molecule has 0 saturated carbocycles. The Morgan fingerprint density at radius 1 is 1.70 bits per heavy atom. The van der Waals surface area contributed by atoms with Crippen LogP contribution in [0.5, 0.6) is 0 Å². The third-order valence-electron chi connectivity index (χ3n) is 1.88. The Balaban J connectivity index is 2.36. The van der Waals surface area contributed by atoms with E-state index in [0.29, 0.717) is 6.61 Å². The van der Waals surface area contributed by atoms with Crippen LogP contribution in [0.4, 0.5) is 0 Å². The van der Waals surface area contributed by atoms with Gasteiger partial charge in [0.2, 0.25) is 0 Å². The van der Waals surface area contributed by atoms with Crippen LogP contribution in [0.3, 0.4) is 0 Å². The highest BCUT2D eigenvalue weighted by Crippen LogP contribution is 2.09. The number of aliphatic hydroxyl groups is 1. The number of morpholine rings is 1. The molecule has 3 atom stereocenters. The van der Waals surface area contributed by atoms with Gasteiger partial charge in [-0.05, 0) is 13.3 Å². The molecule has 0 bridgehead atoms. The van der Waals surface area contributed by atoms with E-state index in [1.807, 2.05) is 6.92 Å². The highest BCUT2D eigenvalue weighted by Gasteiger charge is 2.24. The van der Waals surface area contributed by atoms with Gasteiger partial charge in [-0.25, -0.2) is 0 Å². The summed E-state index contributed by atoms with van der Waals surface area (Å²) in [6, 6.07) is 0.272. The molecule has 0 aromatic rings. The number of ether oxygens (including phenoxy) is 1. The minimum Gasteiger partial charge on any atom is -0.376 e. The number of nitrogens with one attached hydrogen (secondary N) is 1. The molecule has 10 heavy (non-hydrogen) atoms. The van der Waals surface area contributed by atoms with Crippen LogP contribution in [-0.4, -0.2) is 30.1 Å². The molecule has 1 rings (SSSR count). The summed E-state index contributed by atoms with van der Waals surface area (Å²) >= 11 is 0. The molecule has 3 heteroatoms. The summed E-state index contributed by atoms with van der Waals surface area (Å²) in [5.74, 6) is 0.